The summed E-state index contributed by atoms with van der Waals surface area (Å²) in [6.45, 7) is 5.63. The van der Waals surface area contributed by atoms with Crippen molar-refractivity contribution in [3.05, 3.63) is 41.5 Å². The maximum absolute atomic E-state index is 14.1. The first-order valence-electron chi connectivity index (χ1n) is 10.0. The van der Waals surface area contributed by atoms with Crippen molar-refractivity contribution in [3.63, 3.8) is 0 Å². The first kappa shape index (κ1) is 19.9. The maximum Gasteiger partial charge on any atom is 0.276 e. The largest absolute Gasteiger partial charge is 0.391 e. The molecule has 0 saturated carbocycles. The predicted molar refractivity (Wildman–Crippen MR) is 103 cm³/mol. The molecule has 3 heterocycles. The molecule has 1 N–H and O–H groups in total. The third kappa shape index (κ3) is 4.03. The molecule has 1 aromatic carbocycles. The van der Waals surface area contributed by atoms with Crippen LogP contribution < -0.4 is 0 Å². The average Bonchev–Trinajstić information content (AvgIpc) is 3.00. The van der Waals surface area contributed by atoms with E-state index in [1.165, 1.54) is 10.7 Å². The Morgan fingerprint density at radius 2 is 1.90 bits per heavy atom. The van der Waals surface area contributed by atoms with Gasteiger partial charge >= 0.3 is 0 Å². The molecule has 9 heteroatoms. The van der Waals surface area contributed by atoms with Crippen molar-refractivity contribution in [1.82, 2.24) is 24.8 Å². The molecule has 0 unspecified atom stereocenters. The number of hydrogen-bond donors (Lipinski definition) is 1. The molecule has 2 fully saturated rings. The summed E-state index contributed by atoms with van der Waals surface area (Å²) in [7, 11) is 0. The Hall–Kier alpha value is -2.36. The lowest BCUT2D eigenvalue weighted by atomic mass is 10.0. The van der Waals surface area contributed by atoms with Gasteiger partial charge in [0.2, 0.25) is 0 Å². The van der Waals surface area contributed by atoms with Gasteiger partial charge < -0.3 is 14.7 Å². The number of para-hydroxylation sites is 1. The lowest BCUT2D eigenvalue weighted by molar-refractivity contribution is -0.0222. The number of halogens is 1. The van der Waals surface area contributed by atoms with Gasteiger partial charge in [-0.1, -0.05) is 17.3 Å². The van der Waals surface area contributed by atoms with Crippen molar-refractivity contribution in [2.75, 3.05) is 39.4 Å². The molecule has 156 valence electrons. The second kappa shape index (κ2) is 8.56. The molecule has 4 rings (SSSR count). The highest BCUT2D eigenvalue weighted by Crippen LogP contribution is 2.21. The molecule has 2 atom stereocenters. The average molecular weight is 403 g/mol. The van der Waals surface area contributed by atoms with E-state index >= 15 is 0 Å². The topological polar surface area (TPSA) is 83.7 Å². The van der Waals surface area contributed by atoms with E-state index in [-0.39, 0.29) is 23.3 Å². The zero-order chi connectivity index (χ0) is 20.4. The van der Waals surface area contributed by atoms with Crippen LogP contribution in [0.1, 0.15) is 29.0 Å². The molecule has 0 radical (unpaired) electrons. The summed E-state index contributed by atoms with van der Waals surface area (Å²) in [5.41, 5.74) is 0.970. The third-order valence-electron chi connectivity index (χ3n) is 5.81. The Kier molecular flexibility index (Phi) is 5.89. The zero-order valence-electron chi connectivity index (χ0n) is 16.5. The molecule has 1 aromatic heterocycles. The zero-order valence-corrected chi connectivity index (χ0v) is 16.5. The fraction of sp³-hybridized carbons (Fsp3) is 0.550. The summed E-state index contributed by atoms with van der Waals surface area (Å²) in [5.74, 6) is -0.661. The van der Waals surface area contributed by atoms with Crippen LogP contribution in [0.4, 0.5) is 4.39 Å². The van der Waals surface area contributed by atoms with E-state index in [0.717, 1.165) is 13.1 Å². The van der Waals surface area contributed by atoms with Gasteiger partial charge in [-0.2, -0.15) is 0 Å². The normalized spacial score (nSPS) is 23.8. The van der Waals surface area contributed by atoms with Crippen LogP contribution in [0, 0.1) is 12.7 Å². The molecule has 2 aliphatic rings. The molecule has 1 amide bonds. The van der Waals surface area contributed by atoms with Gasteiger partial charge in [-0.3, -0.25) is 9.69 Å². The number of aromatic nitrogens is 3. The van der Waals surface area contributed by atoms with E-state index in [0.29, 0.717) is 44.8 Å². The fourth-order valence-electron chi connectivity index (χ4n) is 4.14. The second-order valence-corrected chi connectivity index (χ2v) is 7.54. The number of carbonyl (C=O) groups is 1. The summed E-state index contributed by atoms with van der Waals surface area (Å²) in [6.07, 6.45) is 0.711. The Bertz CT molecular complexity index is 868. The number of nitrogens with zero attached hydrogens (tertiary/aromatic N) is 5. The minimum Gasteiger partial charge on any atom is -0.391 e. The standard InChI is InChI=1S/C20H26FN5O3/c1-14-19(22-23-26(14)16-5-3-2-4-15(16)21)20(28)25-8-6-17(18(27)7-9-25)24-10-12-29-13-11-24/h2-5,17-18,27H,6-13H2,1H3/t17-,18-/m0/s1. The number of likely N-dealkylation sites (tertiary alicyclic amines) is 1. The predicted octanol–water partition coefficient (Wildman–Crippen LogP) is 1.01. The number of aliphatic hydroxyl groups is 1. The molecule has 2 aromatic rings. The van der Waals surface area contributed by atoms with Gasteiger partial charge in [-0.05, 0) is 31.9 Å². The van der Waals surface area contributed by atoms with Crippen molar-refractivity contribution in [1.29, 1.82) is 0 Å². The van der Waals surface area contributed by atoms with Crippen molar-refractivity contribution in [2.45, 2.75) is 31.9 Å². The van der Waals surface area contributed by atoms with Crippen LogP contribution in [-0.2, 0) is 4.74 Å². The summed E-state index contributed by atoms with van der Waals surface area (Å²) in [6, 6.07) is 6.28. The third-order valence-corrected chi connectivity index (χ3v) is 5.81. The molecule has 0 bridgehead atoms. The number of benzene rings is 1. The Morgan fingerprint density at radius 3 is 2.66 bits per heavy atom. The fourth-order valence-corrected chi connectivity index (χ4v) is 4.14. The van der Waals surface area contributed by atoms with Gasteiger partial charge in [0, 0.05) is 32.2 Å². The van der Waals surface area contributed by atoms with Crippen molar-refractivity contribution in [3.8, 4) is 5.69 Å². The number of morpholine rings is 1. The van der Waals surface area contributed by atoms with E-state index < -0.39 is 11.9 Å². The first-order chi connectivity index (χ1) is 14.1. The number of ether oxygens (including phenoxy) is 1. The van der Waals surface area contributed by atoms with Gasteiger partial charge in [0.05, 0.1) is 25.0 Å². The molecule has 0 aliphatic carbocycles. The summed E-state index contributed by atoms with van der Waals surface area (Å²) in [4.78, 5) is 17.1. The Labute approximate surface area is 168 Å². The number of amides is 1. The van der Waals surface area contributed by atoms with Gasteiger partial charge in [-0.15, -0.1) is 5.10 Å². The lowest BCUT2D eigenvalue weighted by Crippen LogP contribution is -2.49. The van der Waals surface area contributed by atoms with Gasteiger partial charge in [0.1, 0.15) is 11.5 Å². The van der Waals surface area contributed by atoms with Crippen LogP contribution in [0.5, 0.6) is 0 Å². The minimum atomic E-state index is -0.485. The molecule has 29 heavy (non-hydrogen) atoms. The van der Waals surface area contributed by atoms with E-state index in [1.54, 1.807) is 30.0 Å². The van der Waals surface area contributed by atoms with Gasteiger partial charge in [-0.25, -0.2) is 9.07 Å². The number of rotatable bonds is 3. The number of carbonyl (C=O) groups excluding carboxylic acids is 1. The lowest BCUT2D eigenvalue weighted by Gasteiger charge is -2.36. The van der Waals surface area contributed by atoms with Crippen LogP contribution in [0.2, 0.25) is 0 Å². The second-order valence-electron chi connectivity index (χ2n) is 7.54. The maximum atomic E-state index is 14.1. The minimum absolute atomic E-state index is 0.0203. The van der Waals surface area contributed by atoms with Crippen molar-refractivity contribution in [2.24, 2.45) is 0 Å². The highest BCUT2D eigenvalue weighted by atomic mass is 19.1. The molecule has 2 saturated heterocycles. The summed E-state index contributed by atoms with van der Waals surface area (Å²) >= 11 is 0. The smallest absolute Gasteiger partial charge is 0.276 e. The highest BCUT2D eigenvalue weighted by Gasteiger charge is 2.33. The summed E-state index contributed by atoms with van der Waals surface area (Å²) < 4.78 is 20.9. The van der Waals surface area contributed by atoms with E-state index in [9.17, 15) is 14.3 Å². The Morgan fingerprint density at radius 1 is 1.17 bits per heavy atom. The molecular formula is C20H26FN5O3. The van der Waals surface area contributed by atoms with Crippen LogP contribution in [0.25, 0.3) is 5.69 Å². The van der Waals surface area contributed by atoms with Crippen LogP contribution in [-0.4, -0.2) is 87.3 Å². The molecule has 0 spiro atoms. The van der Waals surface area contributed by atoms with Crippen LogP contribution in [0.15, 0.2) is 24.3 Å². The first-order valence-corrected chi connectivity index (χ1v) is 10.0. The number of aliphatic hydroxyl groups excluding tert-OH is 1. The van der Waals surface area contributed by atoms with Crippen LogP contribution >= 0.6 is 0 Å². The van der Waals surface area contributed by atoms with Gasteiger partial charge in [0.15, 0.2) is 5.69 Å². The van der Waals surface area contributed by atoms with Crippen molar-refractivity contribution < 1.29 is 19.0 Å². The Balaban J connectivity index is 1.49. The number of hydrogen-bond acceptors (Lipinski definition) is 6. The quantitative estimate of drug-likeness (QED) is 0.824. The van der Waals surface area contributed by atoms with Crippen molar-refractivity contribution >= 4 is 5.91 Å². The van der Waals surface area contributed by atoms with Crippen LogP contribution in [0.3, 0.4) is 0 Å². The van der Waals surface area contributed by atoms with E-state index in [1.807, 2.05) is 0 Å². The molecular weight excluding hydrogens is 377 g/mol. The SMILES string of the molecule is Cc1c(C(=O)N2CC[C@H](O)[C@@H](N3CCOCC3)CC2)nnn1-c1ccccc1F. The molecule has 8 nitrogen and oxygen atoms in total. The van der Waals surface area contributed by atoms with E-state index in [4.69, 9.17) is 4.74 Å². The summed E-state index contributed by atoms with van der Waals surface area (Å²) in [5, 5.41) is 18.6. The van der Waals surface area contributed by atoms with E-state index in [2.05, 4.69) is 15.2 Å². The highest BCUT2D eigenvalue weighted by molar-refractivity contribution is 5.93. The monoisotopic (exact) mass is 403 g/mol. The molecule has 2 aliphatic heterocycles. The van der Waals surface area contributed by atoms with Gasteiger partial charge in [0.25, 0.3) is 5.91 Å².